The van der Waals surface area contributed by atoms with E-state index in [0.29, 0.717) is 6.04 Å². The molecule has 1 N–H and O–H groups in total. The molecule has 0 aromatic heterocycles. The van der Waals surface area contributed by atoms with Crippen LogP contribution in [0.2, 0.25) is 0 Å². The molecule has 1 aromatic carbocycles. The van der Waals surface area contributed by atoms with Gasteiger partial charge in [-0.3, -0.25) is 0 Å². The van der Waals surface area contributed by atoms with Crippen molar-refractivity contribution in [3.63, 3.8) is 0 Å². The highest BCUT2D eigenvalue weighted by Gasteiger charge is 2.27. The van der Waals surface area contributed by atoms with Crippen molar-refractivity contribution >= 4 is 11.8 Å². The lowest BCUT2D eigenvalue weighted by molar-refractivity contribution is 0.223. The third-order valence-electron chi connectivity index (χ3n) is 4.61. The molecule has 3 unspecified atom stereocenters. The monoisotopic (exact) mass is 305 g/mol. The molecule has 2 heteroatoms. The number of hydrogen-bond acceptors (Lipinski definition) is 2. The maximum absolute atomic E-state index is 3.82. The maximum Gasteiger partial charge on any atom is 0.0348 e. The first-order valence-electron chi connectivity index (χ1n) is 8.70. The third-order valence-corrected chi connectivity index (χ3v) is 5.51. The van der Waals surface area contributed by atoms with Gasteiger partial charge in [0.15, 0.2) is 0 Å². The number of thioether (sulfide) groups is 1. The van der Waals surface area contributed by atoms with Gasteiger partial charge in [-0.1, -0.05) is 45.7 Å². The van der Waals surface area contributed by atoms with E-state index in [2.05, 4.69) is 50.4 Å². The summed E-state index contributed by atoms with van der Waals surface area (Å²) in [5.41, 5.74) is 1.49. The van der Waals surface area contributed by atoms with Crippen molar-refractivity contribution < 1.29 is 0 Å². The quantitative estimate of drug-likeness (QED) is 0.652. The minimum Gasteiger partial charge on any atom is -0.310 e. The molecule has 0 spiro atoms. The average Bonchev–Trinajstić information content (AvgIpc) is 2.50. The van der Waals surface area contributed by atoms with Crippen LogP contribution in [0.5, 0.6) is 0 Å². The average molecular weight is 306 g/mol. The fraction of sp³-hybridized carbons (Fsp3) is 0.684. The van der Waals surface area contributed by atoms with Gasteiger partial charge in [0.1, 0.15) is 0 Å². The molecule has 1 nitrogen and oxygen atoms in total. The smallest absolute Gasteiger partial charge is 0.0348 e. The van der Waals surface area contributed by atoms with Crippen molar-refractivity contribution in [2.24, 2.45) is 11.8 Å². The highest BCUT2D eigenvalue weighted by Crippen LogP contribution is 2.37. The van der Waals surface area contributed by atoms with Gasteiger partial charge in [0, 0.05) is 10.9 Å². The number of rotatable bonds is 7. The Hall–Kier alpha value is -0.470. The zero-order valence-corrected chi connectivity index (χ0v) is 14.7. The molecule has 1 aliphatic carbocycles. The standard InChI is InChI=1S/C19H31NS/c1-4-13-20-19(17-8-6-7-15(3)14-17)16-9-11-18(12-10-16)21-5-2/h9-12,15,17,19-20H,4-8,13-14H2,1-3H3. The molecule has 0 aliphatic heterocycles. The van der Waals surface area contributed by atoms with Crippen molar-refractivity contribution in [2.75, 3.05) is 12.3 Å². The normalized spacial score (nSPS) is 24.0. The van der Waals surface area contributed by atoms with E-state index >= 15 is 0 Å². The molecule has 0 bridgehead atoms. The molecule has 118 valence electrons. The second-order valence-electron chi connectivity index (χ2n) is 6.47. The van der Waals surface area contributed by atoms with Gasteiger partial charge in [0.2, 0.25) is 0 Å². The minimum atomic E-state index is 0.549. The predicted molar refractivity (Wildman–Crippen MR) is 95.0 cm³/mol. The second kappa shape index (κ2) is 8.85. The van der Waals surface area contributed by atoms with Crippen LogP contribution in [0.4, 0.5) is 0 Å². The zero-order valence-electron chi connectivity index (χ0n) is 13.9. The second-order valence-corrected chi connectivity index (χ2v) is 7.80. The number of benzene rings is 1. The van der Waals surface area contributed by atoms with Gasteiger partial charge in [0.25, 0.3) is 0 Å². The number of hydrogen-bond donors (Lipinski definition) is 1. The van der Waals surface area contributed by atoms with Crippen molar-refractivity contribution in [3.05, 3.63) is 29.8 Å². The lowest BCUT2D eigenvalue weighted by Gasteiger charge is -2.34. The molecule has 1 fully saturated rings. The Kier molecular flexibility index (Phi) is 7.12. The van der Waals surface area contributed by atoms with Crippen molar-refractivity contribution in [2.45, 2.75) is 63.8 Å². The van der Waals surface area contributed by atoms with E-state index < -0.39 is 0 Å². The molecule has 2 rings (SSSR count). The van der Waals surface area contributed by atoms with Gasteiger partial charge < -0.3 is 5.32 Å². The van der Waals surface area contributed by atoms with Crippen molar-refractivity contribution in [1.82, 2.24) is 5.32 Å². The van der Waals surface area contributed by atoms with E-state index in [1.807, 2.05) is 11.8 Å². The molecule has 1 aromatic rings. The first-order chi connectivity index (χ1) is 10.2. The molecule has 0 amide bonds. The Balaban J connectivity index is 2.10. The van der Waals surface area contributed by atoms with Gasteiger partial charge in [-0.2, -0.15) is 0 Å². The fourth-order valence-corrected chi connectivity index (χ4v) is 4.24. The van der Waals surface area contributed by atoms with E-state index in [9.17, 15) is 0 Å². The van der Waals surface area contributed by atoms with Gasteiger partial charge in [-0.05, 0) is 61.1 Å². The highest BCUT2D eigenvalue weighted by molar-refractivity contribution is 7.99. The molecular formula is C19H31NS. The molecule has 0 saturated heterocycles. The summed E-state index contributed by atoms with van der Waals surface area (Å²) in [5, 5.41) is 3.82. The Morgan fingerprint density at radius 3 is 2.57 bits per heavy atom. The van der Waals surface area contributed by atoms with Crippen LogP contribution in [0.25, 0.3) is 0 Å². The fourth-order valence-electron chi connectivity index (χ4n) is 3.58. The Morgan fingerprint density at radius 2 is 1.95 bits per heavy atom. The summed E-state index contributed by atoms with van der Waals surface area (Å²) in [6.07, 6.45) is 6.80. The molecule has 1 aliphatic rings. The summed E-state index contributed by atoms with van der Waals surface area (Å²) < 4.78 is 0. The Morgan fingerprint density at radius 1 is 1.19 bits per heavy atom. The van der Waals surface area contributed by atoms with Gasteiger partial charge in [-0.15, -0.1) is 11.8 Å². The first-order valence-corrected chi connectivity index (χ1v) is 9.69. The van der Waals surface area contributed by atoms with Crippen LogP contribution in [0.3, 0.4) is 0 Å². The van der Waals surface area contributed by atoms with Crippen molar-refractivity contribution in [3.8, 4) is 0 Å². The Bertz CT molecular complexity index is 401. The van der Waals surface area contributed by atoms with Gasteiger partial charge in [0.05, 0.1) is 0 Å². The maximum atomic E-state index is 3.82. The van der Waals surface area contributed by atoms with Crippen LogP contribution in [0, 0.1) is 11.8 Å². The lowest BCUT2D eigenvalue weighted by atomic mass is 9.76. The van der Waals surface area contributed by atoms with E-state index in [-0.39, 0.29) is 0 Å². The summed E-state index contributed by atoms with van der Waals surface area (Å²) in [7, 11) is 0. The van der Waals surface area contributed by atoms with Crippen molar-refractivity contribution in [1.29, 1.82) is 0 Å². The van der Waals surface area contributed by atoms with Crippen LogP contribution >= 0.6 is 11.8 Å². The highest BCUT2D eigenvalue weighted by atomic mass is 32.2. The molecule has 21 heavy (non-hydrogen) atoms. The number of nitrogens with one attached hydrogen (secondary N) is 1. The van der Waals surface area contributed by atoms with Gasteiger partial charge in [-0.25, -0.2) is 0 Å². The summed E-state index contributed by atoms with van der Waals surface area (Å²) in [4.78, 5) is 1.40. The van der Waals surface area contributed by atoms with Gasteiger partial charge >= 0.3 is 0 Å². The zero-order chi connectivity index (χ0) is 15.1. The summed E-state index contributed by atoms with van der Waals surface area (Å²) >= 11 is 1.93. The van der Waals surface area contributed by atoms with Crippen LogP contribution in [0.15, 0.2) is 29.2 Å². The summed E-state index contributed by atoms with van der Waals surface area (Å²) in [6.45, 7) is 8.02. The third kappa shape index (κ3) is 5.03. The lowest BCUT2D eigenvalue weighted by Crippen LogP contribution is -2.31. The van der Waals surface area contributed by atoms with E-state index in [1.165, 1.54) is 42.6 Å². The molecule has 3 atom stereocenters. The van der Waals surface area contributed by atoms with E-state index in [1.54, 1.807) is 0 Å². The van der Waals surface area contributed by atoms with Crippen LogP contribution in [0.1, 0.15) is 64.5 Å². The SMILES string of the molecule is CCCNC(c1ccc(SCC)cc1)C1CCCC(C)C1. The minimum absolute atomic E-state index is 0.549. The summed E-state index contributed by atoms with van der Waals surface area (Å²) in [5.74, 6) is 2.85. The molecule has 0 radical (unpaired) electrons. The molecule has 0 heterocycles. The molecule has 1 saturated carbocycles. The van der Waals surface area contributed by atoms with E-state index in [0.717, 1.165) is 24.1 Å². The molecular weight excluding hydrogens is 274 g/mol. The first kappa shape index (κ1) is 16.9. The van der Waals surface area contributed by atoms with Crippen LogP contribution in [-0.2, 0) is 0 Å². The topological polar surface area (TPSA) is 12.0 Å². The van der Waals surface area contributed by atoms with Crippen LogP contribution < -0.4 is 5.32 Å². The largest absolute Gasteiger partial charge is 0.310 e. The van der Waals surface area contributed by atoms with Crippen LogP contribution in [-0.4, -0.2) is 12.3 Å². The predicted octanol–water partition coefficient (Wildman–Crippen LogP) is 5.67. The van der Waals surface area contributed by atoms with E-state index in [4.69, 9.17) is 0 Å². The summed E-state index contributed by atoms with van der Waals surface area (Å²) in [6, 6.07) is 9.86. The Labute approximate surface area is 135 Å².